The van der Waals surface area contributed by atoms with Gasteiger partial charge in [0.25, 0.3) is 0 Å². The quantitative estimate of drug-likeness (QED) is 0.715. The lowest BCUT2D eigenvalue weighted by atomic mass is 10.1. The Labute approximate surface area is 147 Å². The maximum atomic E-state index is 5.51. The van der Waals surface area contributed by atoms with E-state index in [0.29, 0.717) is 24.3 Å². The van der Waals surface area contributed by atoms with Crippen molar-refractivity contribution in [3.05, 3.63) is 53.7 Å². The fourth-order valence-corrected chi connectivity index (χ4v) is 3.52. The summed E-state index contributed by atoms with van der Waals surface area (Å²) in [5.41, 5.74) is 3.38. The van der Waals surface area contributed by atoms with Gasteiger partial charge in [0.1, 0.15) is 0 Å². The summed E-state index contributed by atoms with van der Waals surface area (Å²) >= 11 is 0. The lowest BCUT2D eigenvalue weighted by molar-refractivity contribution is 0.192. The first-order valence-electron chi connectivity index (χ1n) is 8.81. The van der Waals surface area contributed by atoms with E-state index in [1.165, 1.54) is 18.4 Å². The van der Waals surface area contributed by atoms with Crippen LogP contribution >= 0.6 is 0 Å². The minimum Gasteiger partial charge on any atom is -0.338 e. The molecular weight excluding hydrogens is 314 g/mol. The van der Waals surface area contributed by atoms with Crippen LogP contribution in [0.1, 0.15) is 29.9 Å². The number of benzene rings is 1. The highest BCUT2D eigenvalue weighted by molar-refractivity contribution is 5.58. The van der Waals surface area contributed by atoms with Gasteiger partial charge in [-0.2, -0.15) is 10.1 Å². The lowest BCUT2D eigenvalue weighted by Crippen LogP contribution is -2.32. The normalized spacial score (nSPS) is 18.1. The van der Waals surface area contributed by atoms with Crippen molar-refractivity contribution in [2.24, 2.45) is 0 Å². The number of aromatic nitrogens is 4. The van der Waals surface area contributed by atoms with Gasteiger partial charge >= 0.3 is 0 Å². The molecule has 1 atom stereocenters. The van der Waals surface area contributed by atoms with Crippen LogP contribution < -0.4 is 0 Å². The lowest BCUT2D eigenvalue weighted by Gasteiger charge is -2.22. The van der Waals surface area contributed by atoms with Crippen molar-refractivity contribution in [1.29, 1.82) is 0 Å². The summed E-state index contributed by atoms with van der Waals surface area (Å²) in [5, 5.41) is 8.58. The van der Waals surface area contributed by atoms with Crippen molar-refractivity contribution in [3.63, 3.8) is 0 Å². The Morgan fingerprint density at radius 3 is 2.92 bits per heavy atom. The van der Waals surface area contributed by atoms with E-state index in [4.69, 9.17) is 4.52 Å². The Kier molecular flexibility index (Phi) is 4.36. The summed E-state index contributed by atoms with van der Waals surface area (Å²) < 4.78 is 7.55. The second-order valence-electron chi connectivity index (χ2n) is 6.83. The molecule has 25 heavy (non-hydrogen) atoms. The van der Waals surface area contributed by atoms with E-state index < -0.39 is 0 Å². The molecule has 0 unspecified atom stereocenters. The molecule has 6 heteroatoms. The summed E-state index contributed by atoms with van der Waals surface area (Å²) in [6.07, 6.45) is 6.38. The molecule has 4 rings (SSSR count). The Morgan fingerprint density at radius 2 is 2.12 bits per heavy atom. The predicted octanol–water partition coefficient (Wildman–Crippen LogP) is 3.21. The van der Waals surface area contributed by atoms with Gasteiger partial charge in [0, 0.05) is 17.8 Å². The fourth-order valence-electron chi connectivity index (χ4n) is 3.52. The van der Waals surface area contributed by atoms with E-state index in [1.807, 2.05) is 29.1 Å². The van der Waals surface area contributed by atoms with Crippen molar-refractivity contribution in [1.82, 2.24) is 24.8 Å². The highest BCUT2D eigenvalue weighted by Gasteiger charge is 2.27. The van der Waals surface area contributed by atoms with Crippen LogP contribution in [-0.4, -0.2) is 37.4 Å². The number of hydrogen-bond donors (Lipinski definition) is 0. The summed E-state index contributed by atoms with van der Waals surface area (Å²) in [5.74, 6) is 1.35. The molecule has 1 aromatic carbocycles. The molecule has 0 amide bonds. The average molecular weight is 337 g/mol. The first kappa shape index (κ1) is 16.0. The van der Waals surface area contributed by atoms with Gasteiger partial charge in [-0.3, -0.25) is 9.58 Å². The molecule has 0 aliphatic carbocycles. The number of hydrogen-bond acceptors (Lipinski definition) is 5. The van der Waals surface area contributed by atoms with Crippen LogP contribution in [0.15, 0.2) is 41.2 Å². The van der Waals surface area contributed by atoms with Crippen molar-refractivity contribution in [2.45, 2.75) is 45.8 Å². The average Bonchev–Trinajstić information content (AvgIpc) is 3.32. The molecule has 0 saturated carbocycles. The zero-order valence-corrected chi connectivity index (χ0v) is 14.7. The molecule has 6 nitrogen and oxygen atoms in total. The Morgan fingerprint density at radius 1 is 1.24 bits per heavy atom. The molecular formula is C19H23N5O. The molecule has 1 fully saturated rings. The van der Waals surface area contributed by atoms with E-state index in [2.05, 4.69) is 46.2 Å². The molecule has 0 bridgehead atoms. The third kappa shape index (κ3) is 3.49. The molecule has 0 spiro atoms. The van der Waals surface area contributed by atoms with Crippen LogP contribution in [0, 0.1) is 13.8 Å². The zero-order chi connectivity index (χ0) is 17.2. The second-order valence-corrected chi connectivity index (χ2v) is 6.83. The zero-order valence-electron chi connectivity index (χ0n) is 14.7. The fraction of sp³-hybridized carbons (Fsp3) is 0.421. The monoisotopic (exact) mass is 337 g/mol. The van der Waals surface area contributed by atoms with Gasteiger partial charge in [-0.15, -0.1) is 0 Å². The van der Waals surface area contributed by atoms with Gasteiger partial charge in [-0.05, 0) is 44.4 Å². The molecule has 0 radical (unpaired) electrons. The van der Waals surface area contributed by atoms with Crippen LogP contribution in [0.4, 0.5) is 0 Å². The van der Waals surface area contributed by atoms with Gasteiger partial charge in [-0.25, -0.2) is 0 Å². The maximum Gasteiger partial charge on any atom is 0.241 e. The molecule has 130 valence electrons. The smallest absolute Gasteiger partial charge is 0.241 e. The van der Waals surface area contributed by atoms with E-state index in [1.54, 1.807) is 0 Å². The van der Waals surface area contributed by atoms with E-state index in [9.17, 15) is 0 Å². The second kappa shape index (κ2) is 6.80. The standard InChI is InChI=1S/C19H23N5O/c1-14-10-20-24(11-14)12-16-7-5-9-23(16)13-18-21-19(22-25-18)17-8-4-3-6-15(17)2/h3-4,6,8,10-11,16H,5,7,9,12-13H2,1-2H3/t16-/m1/s1. The first-order chi connectivity index (χ1) is 12.2. The first-order valence-corrected chi connectivity index (χ1v) is 8.81. The van der Waals surface area contributed by atoms with Crippen molar-refractivity contribution in [2.75, 3.05) is 6.54 Å². The molecule has 1 aliphatic rings. The summed E-state index contributed by atoms with van der Waals surface area (Å²) in [6.45, 7) is 6.80. The topological polar surface area (TPSA) is 60.0 Å². The van der Waals surface area contributed by atoms with E-state index in [0.717, 1.165) is 24.2 Å². The minimum absolute atomic E-state index is 0.466. The Hall–Kier alpha value is -2.47. The van der Waals surface area contributed by atoms with Crippen LogP contribution in [0.5, 0.6) is 0 Å². The molecule has 2 aromatic heterocycles. The molecule has 0 N–H and O–H groups in total. The van der Waals surface area contributed by atoms with Gasteiger partial charge in [0.2, 0.25) is 11.7 Å². The number of nitrogens with zero attached hydrogens (tertiary/aromatic N) is 5. The predicted molar refractivity (Wildman–Crippen MR) is 94.9 cm³/mol. The maximum absolute atomic E-state index is 5.51. The van der Waals surface area contributed by atoms with E-state index >= 15 is 0 Å². The number of rotatable bonds is 5. The Balaban J connectivity index is 1.45. The number of aryl methyl sites for hydroxylation is 2. The number of likely N-dealkylation sites (tertiary alicyclic amines) is 1. The van der Waals surface area contributed by atoms with Gasteiger partial charge in [0.05, 0.1) is 19.3 Å². The van der Waals surface area contributed by atoms with Crippen LogP contribution in [0.3, 0.4) is 0 Å². The summed E-state index contributed by atoms with van der Waals surface area (Å²) in [7, 11) is 0. The van der Waals surface area contributed by atoms with Gasteiger partial charge < -0.3 is 4.52 Å². The van der Waals surface area contributed by atoms with Gasteiger partial charge in [0.15, 0.2) is 0 Å². The highest BCUT2D eigenvalue weighted by atomic mass is 16.5. The molecule has 3 heterocycles. The third-order valence-corrected chi connectivity index (χ3v) is 4.85. The summed E-state index contributed by atoms with van der Waals surface area (Å²) in [4.78, 5) is 7.03. The van der Waals surface area contributed by atoms with Crippen molar-refractivity contribution >= 4 is 0 Å². The molecule has 3 aromatic rings. The van der Waals surface area contributed by atoms with Gasteiger partial charge in [-0.1, -0.05) is 29.4 Å². The van der Waals surface area contributed by atoms with Crippen molar-refractivity contribution in [3.8, 4) is 11.4 Å². The SMILES string of the molecule is Cc1cnn(C[C@H]2CCCN2Cc2nc(-c3ccccc3C)no2)c1. The van der Waals surface area contributed by atoms with Crippen LogP contribution in [-0.2, 0) is 13.1 Å². The van der Waals surface area contributed by atoms with Crippen molar-refractivity contribution < 1.29 is 4.52 Å². The molecule has 1 aliphatic heterocycles. The van der Waals surface area contributed by atoms with Crippen LogP contribution in [0.25, 0.3) is 11.4 Å². The highest BCUT2D eigenvalue weighted by Crippen LogP contribution is 2.23. The summed E-state index contributed by atoms with van der Waals surface area (Å²) in [6, 6.07) is 8.58. The Bertz CT molecular complexity index is 853. The third-order valence-electron chi connectivity index (χ3n) is 4.85. The largest absolute Gasteiger partial charge is 0.338 e. The molecule has 1 saturated heterocycles. The van der Waals surface area contributed by atoms with Crippen LogP contribution in [0.2, 0.25) is 0 Å². The van der Waals surface area contributed by atoms with E-state index in [-0.39, 0.29) is 0 Å². The minimum atomic E-state index is 0.466.